The summed E-state index contributed by atoms with van der Waals surface area (Å²) in [6, 6.07) is 6.47. The van der Waals surface area contributed by atoms with Crippen molar-refractivity contribution in [3.8, 4) is 11.1 Å². The highest BCUT2D eigenvalue weighted by molar-refractivity contribution is 6.31. The zero-order chi connectivity index (χ0) is 14.0. The van der Waals surface area contributed by atoms with Crippen LogP contribution in [0.25, 0.3) is 11.1 Å². The van der Waals surface area contributed by atoms with Gasteiger partial charge in [-0.1, -0.05) is 23.7 Å². The third-order valence-corrected chi connectivity index (χ3v) is 3.81. The molecule has 19 heavy (non-hydrogen) atoms. The van der Waals surface area contributed by atoms with Crippen molar-refractivity contribution in [3.63, 3.8) is 0 Å². The van der Waals surface area contributed by atoms with E-state index in [9.17, 15) is 0 Å². The van der Waals surface area contributed by atoms with Crippen LogP contribution in [0.3, 0.4) is 0 Å². The number of hydrogen-bond donors (Lipinski definition) is 1. The van der Waals surface area contributed by atoms with Gasteiger partial charge in [-0.25, -0.2) is 0 Å². The smallest absolute Gasteiger partial charge is 0.0672 e. The van der Waals surface area contributed by atoms with Crippen molar-refractivity contribution in [3.05, 3.63) is 40.7 Å². The Morgan fingerprint density at radius 2 is 2.16 bits per heavy atom. The van der Waals surface area contributed by atoms with Gasteiger partial charge in [-0.05, 0) is 45.0 Å². The Balaban J connectivity index is 2.41. The van der Waals surface area contributed by atoms with E-state index in [0.29, 0.717) is 0 Å². The molecular weight excluding hydrogens is 258 g/mol. The first kappa shape index (κ1) is 14.1. The number of rotatable bonds is 4. The van der Waals surface area contributed by atoms with Crippen molar-refractivity contribution in [2.24, 2.45) is 0 Å². The SMILES string of the molecule is CCn1cc(-c2ccc(C(C)NC)c(Cl)c2)c(C)n1. The summed E-state index contributed by atoms with van der Waals surface area (Å²) >= 11 is 6.38. The predicted molar refractivity (Wildman–Crippen MR) is 80.6 cm³/mol. The fraction of sp³-hybridized carbons (Fsp3) is 0.400. The van der Waals surface area contributed by atoms with Crippen LogP contribution in [0.4, 0.5) is 0 Å². The van der Waals surface area contributed by atoms with Crippen LogP contribution >= 0.6 is 11.6 Å². The molecule has 0 fully saturated rings. The van der Waals surface area contributed by atoms with Crippen molar-refractivity contribution < 1.29 is 0 Å². The molecule has 1 aromatic heterocycles. The quantitative estimate of drug-likeness (QED) is 0.921. The lowest BCUT2D eigenvalue weighted by atomic mass is 10.0. The molecule has 2 rings (SSSR count). The van der Waals surface area contributed by atoms with Gasteiger partial charge in [-0.15, -0.1) is 0 Å². The first-order chi connectivity index (χ1) is 9.06. The third-order valence-electron chi connectivity index (χ3n) is 3.48. The average molecular weight is 278 g/mol. The molecule has 1 unspecified atom stereocenters. The van der Waals surface area contributed by atoms with E-state index in [-0.39, 0.29) is 6.04 Å². The maximum atomic E-state index is 6.38. The number of halogens is 1. The maximum absolute atomic E-state index is 6.38. The van der Waals surface area contributed by atoms with E-state index in [1.165, 1.54) is 0 Å². The van der Waals surface area contributed by atoms with E-state index >= 15 is 0 Å². The molecule has 1 atom stereocenters. The van der Waals surface area contributed by atoms with Gasteiger partial charge in [0.1, 0.15) is 0 Å². The lowest BCUT2D eigenvalue weighted by Gasteiger charge is -2.13. The molecule has 0 spiro atoms. The molecule has 0 bridgehead atoms. The summed E-state index contributed by atoms with van der Waals surface area (Å²) in [5.74, 6) is 0. The largest absolute Gasteiger partial charge is 0.313 e. The zero-order valence-corrected chi connectivity index (χ0v) is 12.6. The molecule has 0 amide bonds. The standard InChI is InChI=1S/C15H20ClN3/c1-5-19-9-14(11(3)18-19)12-6-7-13(10(2)17-4)15(16)8-12/h6-10,17H,5H2,1-4H3. The molecule has 1 N–H and O–H groups in total. The molecule has 1 heterocycles. The summed E-state index contributed by atoms with van der Waals surface area (Å²) in [5, 5.41) is 8.47. The van der Waals surface area contributed by atoms with E-state index in [1.54, 1.807) is 0 Å². The Hall–Kier alpha value is -1.32. The van der Waals surface area contributed by atoms with Gasteiger partial charge < -0.3 is 5.32 Å². The average Bonchev–Trinajstić information content (AvgIpc) is 2.79. The van der Waals surface area contributed by atoms with Crippen molar-refractivity contribution >= 4 is 11.6 Å². The second-order valence-corrected chi connectivity index (χ2v) is 5.14. The zero-order valence-electron chi connectivity index (χ0n) is 11.9. The van der Waals surface area contributed by atoms with Crippen LogP contribution in [0.2, 0.25) is 5.02 Å². The Labute approximate surface area is 119 Å². The van der Waals surface area contributed by atoms with E-state index in [4.69, 9.17) is 11.6 Å². The summed E-state index contributed by atoms with van der Waals surface area (Å²) in [7, 11) is 1.93. The van der Waals surface area contributed by atoms with Crippen molar-refractivity contribution in [1.29, 1.82) is 0 Å². The van der Waals surface area contributed by atoms with Crippen molar-refractivity contribution in [2.75, 3.05) is 7.05 Å². The molecule has 0 saturated carbocycles. The molecule has 0 radical (unpaired) electrons. The second-order valence-electron chi connectivity index (χ2n) is 4.73. The number of aryl methyl sites for hydroxylation is 2. The first-order valence-electron chi connectivity index (χ1n) is 6.58. The fourth-order valence-corrected chi connectivity index (χ4v) is 2.51. The van der Waals surface area contributed by atoms with Crippen molar-refractivity contribution in [2.45, 2.75) is 33.4 Å². The van der Waals surface area contributed by atoms with Crippen LogP contribution in [0.5, 0.6) is 0 Å². The lowest BCUT2D eigenvalue weighted by molar-refractivity contribution is 0.652. The summed E-state index contributed by atoms with van der Waals surface area (Å²) in [4.78, 5) is 0. The monoisotopic (exact) mass is 277 g/mol. The predicted octanol–water partition coefficient (Wildman–Crippen LogP) is 3.81. The van der Waals surface area contributed by atoms with Crippen LogP contribution in [-0.2, 0) is 6.54 Å². The maximum Gasteiger partial charge on any atom is 0.0672 e. The number of hydrogen-bond acceptors (Lipinski definition) is 2. The summed E-state index contributed by atoms with van der Waals surface area (Å²) in [6.07, 6.45) is 2.07. The Kier molecular flexibility index (Phi) is 4.27. The molecule has 0 aliphatic heterocycles. The van der Waals surface area contributed by atoms with Gasteiger partial charge in [-0.3, -0.25) is 4.68 Å². The highest BCUT2D eigenvalue weighted by Gasteiger charge is 2.11. The third kappa shape index (κ3) is 2.82. The van der Waals surface area contributed by atoms with Crippen LogP contribution < -0.4 is 5.32 Å². The van der Waals surface area contributed by atoms with Crippen LogP contribution in [0.15, 0.2) is 24.4 Å². The van der Waals surface area contributed by atoms with Gasteiger partial charge in [0.15, 0.2) is 0 Å². The van der Waals surface area contributed by atoms with E-state index in [0.717, 1.165) is 34.0 Å². The van der Waals surface area contributed by atoms with E-state index in [2.05, 4.69) is 42.6 Å². The minimum absolute atomic E-state index is 0.251. The van der Waals surface area contributed by atoms with Crippen LogP contribution in [0, 0.1) is 6.92 Å². The fourth-order valence-electron chi connectivity index (χ4n) is 2.16. The molecule has 0 saturated heterocycles. The van der Waals surface area contributed by atoms with E-state index in [1.807, 2.05) is 24.7 Å². The highest BCUT2D eigenvalue weighted by Crippen LogP contribution is 2.30. The Morgan fingerprint density at radius 1 is 1.42 bits per heavy atom. The molecule has 0 aliphatic carbocycles. The minimum Gasteiger partial charge on any atom is -0.313 e. The summed E-state index contributed by atoms with van der Waals surface area (Å²) in [5.41, 5.74) is 4.42. The second kappa shape index (κ2) is 5.76. The van der Waals surface area contributed by atoms with Gasteiger partial charge in [0.05, 0.1) is 5.69 Å². The van der Waals surface area contributed by atoms with E-state index < -0.39 is 0 Å². The van der Waals surface area contributed by atoms with Gasteiger partial charge in [0.2, 0.25) is 0 Å². The summed E-state index contributed by atoms with van der Waals surface area (Å²) in [6.45, 7) is 7.09. The summed E-state index contributed by atoms with van der Waals surface area (Å²) < 4.78 is 1.95. The topological polar surface area (TPSA) is 29.9 Å². The Morgan fingerprint density at radius 3 is 2.68 bits per heavy atom. The molecular formula is C15H20ClN3. The van der Waals surface area contributed by atoms with Crippen molar-refractivity contribution in [1.82, 2.24) is 15.1 Å². The van der Waals surface area contributed by atoms with Crippen LogP contribution in [-0.4, -0.2) is 16.8 Å². The number of nitrogens with one attached hydrogen (secondary N) is 1. The molecule has 1 aromatic carbocycles. The first-order valence-corrected chi connectivity index (χ1v) is 6.95. The number of nitrogens with zero attached hydrogens (tertiary/aromatic N) is 2. The lowest BCUT2D eigenvalue weighted by Crippen LogP contribution is -2.12. The normalized spacial score (nSPS) is 12.7. The highest BCUT2D eigenvalue weighted by atomic mass is 35.5. The van der Waals surface area contributed by atoms with Gasteiger partial charge in [0, 0.05) is 29.4 Å². The molecule has 4 heteroatoms. The van der Waals surface area contributed by atoms with Gasteiger partial charge >= 0.3 is 0 Å². The molecule has 0 aliphatic rings. The molecule has 3 nitrogen and oxygen atoms in total. The van der Waals surface area contributed by atoms with Crippen LogP contribution in [0.1, 0.15) is 31.1 Å². The van der Waals surface area contributed by atoms with Gasteiger partial charge in [-0.2, -0.15) is 5.10 Å². The van der Waals surface area contributed by atoms with Gasteiger partial charge in [0.25, 0.3) is 0 Å². The number of aromatic nitrogens is 2. The minimum atomic E-state index is 0.251. The molecule has 2 aromatic rings. The number of benzene rings is 1. The molecule has 102 valence electrons. The Bertz CT molecular complexity index is 575.